The van der Waals surface area contributed by atoms with Gasteiger partial charge in [-0.2, -0.15) is 0 Å². The van der Waals surface area contributed by atoms with Gasteiger partial charge in [0.25, 0.3) is 0 Å². The summed E-state index contributed by atoms with van der Waals surface area (Å²) in [6, 6.07) is 0.730. The lowest BCUT2D eigenvalue weighted by atomic mass is 9.78. The SMILES string of the molecule is CC(C)CC1(CNC2CCCNC2)CCCC1. The van der Waals surface area contributed by atoms with Crippen LogP contribution in [-0.4, -0.2) is 25.7 Å². The molecule has 2 aliphatic rings. The van der Waals surface area contributed by atoms with Crippen molar-refractivity contribution >= 4 is 0 Å². The first-order chi connectivity index (χ1) is 8.20. The molecule has 1 saturated heterocycles. The van der Waals surface area contributed by atoms with Gasteiger partial charge in [0.1, 0.15) is 0 Å². The lowest BCUT2D eigenvalue weighted by Crippen LogP contribution is -2.47. The Hall–Kier alpha value is -0.0800. The highest BCUT2D eigenvalue weighted by atomic mass is 15.0. The molecule has 2 nitrogen and oxygen atoms in total. The summed E-state index contributed by atoms with van der Waals surface area (Å²) in [6.45, 7) is 8.41. The molecule has 1 unspecified atom stereocenters. The zero-order valence-electron chi connectivity index (χ0n) is 11.7. The van der Waals surface area contributed by atoms with E-state index in [9.17, 15) is 0 Å². The first-order valence-electron chi connectivity index (χ1n) is 7.64. The van der Waals surface area contributed by atoms with Gasteiger partial charge in [-0.25, -0.2) is 0 Å². The quantitative estimate of drug-likeness (QED) is 0.769. The van der Waals surface area contributed by atoms with Crippen LogP contribution in [-0.2, 0) is 0 Å². The Morgan fingerprint density at radius 1 is 1.24 bits per heavy atom. The predicted molar refractivity (Wildman–Crippen MR) is 74.3 cm³/mol. The van der Waals surface area contributed by atoms with Crippen molar-refractivity contribution in [2.75, 3.05) is 19.6 Å². The summed E-state index contributed by atoms with van der Waals surface area (Å²) < 4.78 is 0. The lowest BCUT2D eigenvalue weighted by molar-refractivity contribution is 0.208. The maximum atomic E-state index is 3.85. The van der Waals surface area contributed by atoms with E-state index < -0.39 is 0 Å². The Labute approximate surface area is 107 Å². The van der Waals surface area contributed by atoms with E-state index in [2.05, 4.69) is 24.5 Å². The van der Waals surface area contributed by atoms with Crippen LogP contribution >= 0.6 is 0 Å². The molecule has 0 aromatic heterocycles. The summed E-state index contributed by atoms with van der Waals surface area (Å²) in [5.41, 5.74) is 0.631. The fraction of sp³-hybridized carbons (Fsp3) is 1.00. The highest BCUT2D eigenvalue weighted by Crippen LogP contribution is 2.42. The molecule has 2 N–H and O–H groups in total. The largest absolute Gasteiger partial charge is 0.315 e. The van der Waals surface area contributed by atoms with Gasteiger partial charge in [-0.1, -0.05) is 26.7 Å². The minimum atomic E-state index is 0.631. The summed E-state index contributed by atoms with van der Waals surface area (Å²) in [5, 5.41) is 7.35. The van der Waals surface area contributed by atoms with Crippen molar-refractivity contribution in [2.45, 2.75) is 64.8 Å². The molecule has 2 rings (SSSR count). The Morgan fingerprint density at radius 3 is 2.59 bits per heavy atom. The zero-order valence-corrected chi connectivity index (χ0v) is 11.7. The molecule has 0 spiro atoms. The third-order valence-electron chi connectivity index (χ3n) is 4.57. The molecule has 1 saturated carbocycles. The van der Waals surface area contributed by atoms with Gasteiger partial charge in [0.05, 0.1) is 0 Å². The second-order valence-electron chi connectivity index (χ2n) is 6.73. The van der Waals surface area contributed by atoms with Gasteiger partial charge in [0, 0.05) is 19.1 Å². The van der Waals surface area contributed by atoms with Crippen LogP contribution in [0.15, 0.2) is 0 Å². The maximum absolute atomic E-state index is 3.85. The van der Waals surface area contributed by atoms with Crippen molar-refractivity contribution in [2.24, 2.45) is 11.3 Å². The monoisotopic (exact) mass is 238 g/mol. The molecule has 1 atom stereocenters. The smallest absolute Gasteiger partial charge is 0.0193 e. The third-order valence-corrected chi connectivity index (χ3v) is 4.57. The van der Waals surface area contributed by atoms with Gasteiger partial charge in [-0.15, -0.1) is 0 Å². The van der Waals surface area contributed by atoms with Crippen molar-refractivity contribution in [1.82, 2.24) is 10.6 Å². The molecule has 0 aromatic carbocycles. The molecule has 0 aromatic rings. The molecule has 1 aliphatic heterocycles. The van der Waals surface area contributed by atoms with E-state index in [4.69, 9.17) is 0 Å². The van der Waals surface area contributed by atoms with E-state index in [-0.39, 0.29) is 0 Å². The van der Waals surface area contributed by atoms with Crippen LogP contribution in [0.3, 0.4) is 0 Å². The van der Waals surface area contributed by atoms with E-state index in [0.29, 0.717) is 5.41 Å². The van der Waals surface area contributed by atoms with Gasteiger partial charge in [-0.05, 0) is 50.0 Å². The van der Waals surface area contributed by atoms with Crippen molar-refractivity contribution in [3.63, 3.8) is 0 Å². The highest BCUT2D eigenvalue weighted by molar-refractivity contribution is 4.89. The van der Waals surface area contributed by atoms with E-state index in [1.807, 2.05) is 0 Å². The summed E-state index contributed by atoms with van der Waals surface area (Å²) in [5.74, 6) is 0.847. The number of rotatable bonds is 5. The Morgan fingerprint density at radius 2 is 2.00 bits per heavy atom. The number of hydrogen-bond acceptors (Lipinski definition) is 2. The van der Waals surface area contributed by atoms with Crippen molar-refractivity contribution < 1.29 is 0 Å². The molecule has 1 heterocycles. The lowest BCUT2D eigenvalue weighted by Gasteiger charge is -2.34. The molecule has 1 aliphatic carbocycles. The van der Waals surface area contributed by atoms with Crippen molar-refractivity contribution in [3.05, 3.63) is 0 Å². The van der Waals surface area contributed by atoms with Crippen LogP contribution in [0.25, 0.3) is 0 Å². The maximum Gasteiger partial charge on any atom is 0.0193 e. The number of nitrogens with one attached hydrogen (secondary N) is 2. The number of piperidine rings is 1. The second kappa shape index (κ2) is 6.19. The highest BCUT2D eigenvalue weighted by Gasteiger charge is 2.34. The summed E-state index contributed by atoms with van der Waals surface area (Å²) in [6.07, 6.45) is 9.95. The van der Waals surface area contributed by atoms with Crippen LogP contribution in [0.4, 0.5) is 0 Å². The fourth-order valence-corrected chi connectivity index (χ4v) is 3.83. The molecular weight excluding hydrogens is 208 g/mol. The molecule has 0 radical (unpaired) electrons. The minimum absolute atomic E-state index is 0.631. The topological polar surface area (TPSA) is 24.1 Å². The second-order valence-corrected chi connectivity index (χ2v) is 6.73. The average molecular weight is 238 g/mol. The molecular formula is C15H30N2. The Balaban J connectivity index is 1.80. The normalized spacial score (nSPS) is 28.8. The van der Waals surface area contributed by atoms with Crippen LogP contribution in [0.5, 0.6) is 0 Å². The summed E-state index contributed by atoms with van der Waals surface area (Å²) in [4.78, 5) is 0. The van der Waals surface area contributed by atoms with E-state index >= 15 is 0 Å². The molecule has 2 fully saturated rings. The van der Waals surface area contributed by atoms with Gasteiger partial charge in [0.2, 0.25) is 0 Å². The van der Waals surface area contributed by atoms with Crippen LogP contribution < -0.4 is 10.6 Å². The van der Waals surface area contributed by atoms with E-state index in [1.165, 1.54) is 64.6 Å². The van der Waals surface area contributed by atoms with Crippen molar-refractivity contribution in [1.29, 1.82) is 0 Å². The molecule has 0 bridgehead atoms. The first-order valence-corrected chi connectivity index (χ1v) is 7.64. The molecule has 2 heteroatoms. The van der Waals surface area contributed by atoms with Gasteiger partial charge >= 0.3 is 0 Å². The average Bonchev–Trinajstić information content (AvgIpc) is 2.76. The predicted octanol–water partition coefficient (Wildman–Crippen LogP) is 2.93. The summed E-state index contributed by atoms with van der Waals surface area (Å²) >= 11 is 0. The minimum Gasteiger partial charge on any atom is -0.315 e. The standard InChI is InChI=1S/C15H30N2/c1-13(2)10-15(7-3-4-8-15)12-17-14-6-5-9-16-11-14/h13-14,16-17H,3-12H2,1-2H3. The Bertz CT molecular complexity index is 213. The van der Waals surface area contributed by atoms with Crippen LogP contribution in [0.2, 0.25) is 0 Å². The van der Waals surface area contributed by atoms with Crippen LogP contribution in [0, 0.1) is 11.3 Å². The Kier molecular flexibility index (Phi) is 4.87. The van der Waals surface area contributed by atoms with E-state index in [0.717, 1.165) is 12.0 Å². The molecule has 17 heavy (non-hydrogen) atoms. The third kappa shape index (κ3) is 3.96. The first kappa shape index (κ1) is 13.4. The van der Waals surface area contributed by atoms with E-state index in [1.54, 1.807) is 0 Å². The van der Waals surface area contributed by atoms with Gasteiger partial charge in [-0.3, -0.25) is 0 Å². The zero-order chi connectivity index (χ0) is 12.1. The molecule has 0 amide bonds. The van der Waals surface area contributed by atoms with Crippen molar-refractivity contribution in [3.8, 4) is 0 Å². The van der Waals surface area contributed by atoms with Crippen LogP contribution in [0.1, 0.15) is 58.8 Å². The van der Waals surface area contributed by atoms with Gasteiger partial charge < -0.3 is 10.6 Å². The van der Waals surface area contributed by atoms with Gasteiger partial charge in [0.15, 0.2) is 0 Å². The summed E-state index contributed by atoms with van der Waals surface area (Å²) in [7, 11) is 0. The number of hydrogen-bond donors (Lipinski definition) is 2. The fourth-order valence-electron chi connectivity index (χ4n) is 3.83. The molecule has 100 valence electrons.